The minimum atomic E-state index is 0.644. The maximum absolute atomic E-state index is 5.09. The van der Waals surface area contributed by atoms with Crippen LogP contribution in [-0.2, 0) is 6.54 Å². The highest BCUT2D eigenvalue weighted by atomic mass is 16.5. The van der Waals surface area contributed by atoms with Crippen molar-refractivity contribution >= 4 is 5.82 Å². The SMILES string of the molecule is CCCNc1cccc(Cn2cc(OC)cn2)n1. The van der Waals surface area contributed by atoms with E-state index in [4.69, 9.17) is 4.74 Å². The van der Waals surface area contributed by atoms with E-state index in [1.165, 1.54) is 0 Å². The fourth-order valence-corrected chi connectivity index (χ4v) is 1.62. The molecule has 2 rings (SSSR count). The lowest BCUT2D eigenvalue weighted by molar-refractivity contribution is 0.414. The third kappa shape index (κ3) is 3.23. The summed E-state index contributed by atoms with van der Waals surface area (Å²) < 4.78 is 6.90. The Labute approximate surface area is 107 Å². The molecule has 0 atom stereocenters. The molecule has 0 spiro atoms. The molecule has 18 heavy (non-hydrogen) atoms. The molecule has 0 aliphatic heterocycles. The number of methoxy groups -OCH3 is 1. The molecule has 0 amide bonds. The van der Waals surface area contributed by atoms with E-state index in [1.54, 1.807) is 13.3 Å². The van der Waals surface area contributed by atoms with Gasteiger partial charge in [-0.05, 0) is 18.6 Å². The van der Waals surface area contributed by atoms with Crippen LogP contribution in [0.25, 0.3) is 0 Å². The van der Waals surface area contributed by atoms with Crippen molar-refractivity contribution in [1.29, 1.82) is 0 Å². The third-order valence-corrected chi connectivity index (χ3v) is 2.53. The molecule has 0 radical (unpaired) electrons. The van der Waals surface area contributed by atoms with Crippen LogP contribution < -0.4 is 10.1 Å². The maximum Gasteiger partial charge on any atom is 0.156 e. The van der Waals surface area contributed by atoms with E-state index in [1.807, 2.05) is 29.1 Å². The second kappa shape index (κ2) is 6.05. The predicted molar refractivity (Wildman–Crippen MR) is 70.9 cm³/mol. The van der Waals surface area contributed by atoms with Gasteiger partial charge in [0.15, 0.2) is 5.75 Å². The van der Waals surface area contributed by atoms with Crippen LogP contribution in [0.5, 0.6) is 5.75 Å². The summed E-state index contributed by atoms with van der Waals surface area (Å²) in [5.74, 6) is 1.67. The van der Waals surface area contributed by atoms with Gasteiger partial charge >= 0.3 is 0 Å². The number of hydrogen-bond acceptors (Lipinski definition) is 4. The van der Waals surface area contributed by atoms with Gasteiger partial charge in [0.2, 0.25) is 0 Å². The average molecular weight is 246 g/mol. The molecule has 0 unspecified atom stereocenters. The van der Waals surface area contributed by atoms with Crippen molar-refractivity contribution in [2.45, 2.75) is 19.9 Å². The van der Waals surface area contributed by atoms with Crippen LogP contribution in [0.1, 0.15) is 19.0 Å². The maximum atomic E-state index is 5.09. The molecule has 0 saturated carbocycles. The van der Waals surface area contributed by atoms with Crippen molar-refractivity contribution in [3.63, 3.8) is 0 Å². The quantitative estimate of drug-likeness (QED) is 0.848. The van der Waals surface area contributed by atoms with Gasteiger partial charge in [-0.3, -0.25) is 4.68 Å². The topological polar surface area (TPSA) is 52.0 Å². The Morgan fingerprint density at radius 1 is 1.39 bits per heavy atom. The first kappa shape index (κ1) is 12.4. The zero-order valence-corrected chi connectivity index (χ0v) is 10.8. The summed E-state index contributed by atoms with van der Waals surface area (Å²) in [6.07, 6.45) is 4.63. The van der Waals surface area contributed by atoms with Crippen LogP contribution in [-0.4, -0.2) is 28.4 Å². The molecule has 1 N–H and O–H groups in total. The van der Waals surface area contributed by atoms with Gasteiger partial charge in [0.25, 0.3) is 0 Å². The van der Waals surface area contributed by atoms with Crippen molar-refractivity contribution in [3.8, 4) is 5.75 Å². The van der Waals surface area contributed by atoms with Crippen molar-refractivity contribution in [1.82, 2.24) is 14.8 Å². The smallest absolute Gasteiger partial charge is 0.156 e. The lowest BCUT2D eigenvalue weighted by Crippen LogP contribution is -2.06. The van der Waals surface area contributed by atoms with Gasteiger partial charge in [-0.15, -0.1) is 0 Å². The van der Waals surface area contributed by atoms with Gasteiger partial charge in [-0.1, -0.05) is 13.0 Å². The summed E-state index contributed by atoms with van der Waals surface area (Å²) in [6, 6.07) is 5.97. The second-order valence-corrected chi connectivity index (χ2v) is 4.02. The van der Waals surface area contributed by atoms with E-state index in [0.29, 0.717) is 6.54 Å². The molecule has 0 fully saturated rings. The van der Waals surface area contributed by atoms with Crippen LogP contribution in [0.4, 0.5) is 5.82 Å². The Morgan fingerprint density at radius 3 is 3.00 bits per heavy atom. The monoisotopic (exact) mass is 246 g/mol. The zero-order valence-electron chi connectivity index (χ0n) is 10.8. The molecule has 5 nitrogen and oxygen atoms in total. The van der Waals surface area contributed by atoms with Crippen molar-refractivity contribution in [2.75, 3.05) is 19.0 Å². The number of aromatic nitrogens is 3. The molecule has 0 saturated heterocycles. The molecule has 2 aromatic rings. The average Bonchev–Trinajstić information content (AvgIpc) is 2.84. The third-order valence-electron chi connectivity index (χ3n) is 2.53. The first-order valence-electron chi connectivity index (χ1n) is 6.08. The highest BCUT2D eigenvalue weighted by molar-refractivity contribution is 5.35. The van der Waals surface area contributed by atoms with E-state index in [9.17, 15) is 0 Å². The van der Waals surface area contributed by atoms with Crippen LogP contribution in [0.3, 0.4) is 0 Å². The van der Waals surface area contributed by atoms with E-state index in [-0.39, 0.29) is 0 Å². The molecular weight excluding hydrogens is 228 g/mol. The van der Waals surface area contributed by atoms with Crippen LogP contribution >= 0.6 is 0 Å². The van der Waals surface area contributed by atoms with Crippen LogP contribution in [0.2, 0.25) is 0 Å². The lowest BCUT2D eigenvalue weighted by Gasteiger charge is -2.06. The highest BCUT2D eigenvalue weighted by Gasteiger charge is 2.01. The van der Waals surface area contributed by atoms with E-state index in [0.717, 1.165) is 30.2 Å². The molecule has 0 aromatic carbocycles. The number of nitrogens with one attached hydrogen (secondary N) is 1. The number of hydrogen-bond donors (Lipinski definition) is 1. The lowest BCUT2D eigenvalue weighted by atomic mass is 10.3. The fraction of sp³-hybridized carbons (Fsp3) is 0.385. The van der Waals surface area contributed by atoms with E-state index < -0.39 is 0 Å². The normalized spacial score (nSPS) is 10.3. The van der Waals surface area contributed by atoms with Gasteiger partial charge in [-0.25, -0.2) is 4.98 Å². The van der Waals surface area contributed by atoms with Gasteiger partial charge in [-0.2, -0.15) is 5.10 Å². The zero-order chi connectivity index (χ0) is 12.8. The molecule has 96 valence electrons. The van der Waals surface area contributed by atoms with E-state index >= 15 is 0 Å². The molecule has 0 bridgehead atoms. The second-order valence-electron chi connectivity index (χ2n) is 4.02. The van der Waals surface area contributed by atoms with Gasteiger partial charge < -0.3 is 10.1 Å². The van der Waals surface area contributed by atoms with Crippen molar-refractivity contribution in [3.05, 3.63) is 36.3 Å². The first-order chi connectivity index (χ1) is 8.81. The number of anilines is 1. The van der Waals surface area contributed by atoms with Crippen molar-refractivity contribution in [2.24, 2.45) is 0 Å². The van der Waals surface area contributed by atoms with E-state index in [2.05, 4.69) is 22.3 Å². The van der Waals surface area contributed by atoms with Gasteiger partial charge in [0.05, 0.1) is 31.7 Å². The molecule has 0 aliphatic rings. The van der Waals surface area contributed by atoms with Crippen molar-refractivity contribution < 1.29 is 4.74 Å². The Bertz CT molecular complexity index is 495. The minimum Gasteiger partial charge on any atom is -0.493 e. The van der Waals surface area contributed by atoms with Gasteiger partial charge in [0.1, 0.15) is 5.82 Å². The Morgan fingerprint density at radius 2 is 2.28 bits per heavy atom. The molecule has 2 heterocycles. The molecule has 0 aliphatic carbocycles. The first-order valence-corrected chi connectivity index (χ1v) is 6.08. The summed E-state index contributed by atoms with van der Waals surface area (Å²) in [5, 5.41) is 7.48. The summed E-state index contributed by atoms with van der Waals surface area (Å²) in [5.41, 5.74) is 0.974. The number of nitrogens with zero attached hydrogens (tertiary/aromatic N) is 3. The summed E-state index contributed by atoms with van der Waals surface area (Å²) in [6.45, 7) is 3.71. The molecular formula is C13H18N4O. The number of pyridine rings is 1. The fourth-order valence-electron chi connectivity index (χ4n) is 1.62. The number of ether oxygens (including phenoxy) is 1. The summed E-state index contributed by atoms with van der Waals surface area (Å²) >= 11 is 0. The summed E-state index contributed by atoms with van der Waals surface area (Å²) in [4.78, 5) is 4.53. The standard InChI is InChI=1S/C13H18N4O/c1-3-7-14-13-6-4-5-11(16-13)9-17-10-12(18-2)8-15-17/h4-6,8,10H,3,7,9H2,1-2H3,(H,14,16). The Hall–Kier alpha value is -2.04. The number of rotatable bonds is 6. The largest absolute Gasteiger partial charge is 0.493 e. The highest BCUT2D eigenvalue weighted by Crippen LogP contribution is 2.10. The summed E-state index contributed by atoms with van der Waals surface area (Å²) in [7, 11) is 1.63. The van der Waals surface area contributed by atoms with Crippen LogP contribution in [0, 0.1) is 0 Å². The molecule has 5 heteroatoms. The van der Waals surface area contributed by atoms with Gasteiger partial charge in [0, 0.05) is 6.54 Å². The Balaban J connectivity index is 2.04. The Kier molecular flexibility index (Phi) is 4.17. The molecule has 2 aromatic heterocycles. The predicted octanol–water partition coefficient (Wildman–Crippen LogP) is 2.16. The minimum absolute atomic E-state index is 0.644. The van der Waals surface area contributed by atoms with Crippen LogP contribution in [0.15, 0.2) is 30.6 Å².